The fourth-order valence-corrected chi connectivity index (χ4v) is 3.64. The van der Waals surface area contributed by atoms with Crippen molar-refractivity contribution in [2.24, 2.45) is 0 Å². The van der Waals surface area contributed by atoms with E-state index in [1.807, 2.05) is 6.07 Å². The normalized spacial score (nSPS) is 10.8. The molecule has 31 heavy (non-hydrogen) atoms. The van der Waals surface area contributed by atoms with Crippen LogP contribution in [0.4, 0.5) is 10.1 Å². The molecule has 0 saturated heterocycles. The number of carbonyl (C=O) groups is 2. The number of nitrogens with one attached hydrogen (secondary N) is 1. The lowest BCUT2D eigenvalue weighted by Gasteiger charge is -2.14. The maximum absolute atomic E-state index is 13.9. The van der Waals surface area contributed by atoms with Gasteiger partial charge in [0.15, 0.2) is 5.78 Å². The van der Waals surface area contributed by atoms with Gasteiger partial charge in [0.25, 0.3) is 0 Å². The van der Waals surface area contributed by atoms with Gasteiger partial charge in [-0.25, -0.2) is 4.39 Å². The number of hydrogen-bond acceptors (Lipinski definition) is 4. The van der Waals surface area contributed by atoms with Gasteiger partial charge < -0.3 is 9.88 Å². The molecule has 1 N–H and O–H groups in total. The van der Waals surface area contributed by atoms with Gasteiger partial charge in [0.1, 0.15) is 12.4 Å². The molecule has 0 bridgehead atoms. The zero-order chi connectivity index (χ0) is 22.0. The second-order valence-electron chi connectivity index (χ2n) is 6.78. The number of amides is 1. The van der Waals surface area contributed by atoms with Crippen molar-refractivity contribution in [1.82, 2.24) is 9.55 Å². The minimum Gasteiger partial charge on any atom is -0.337 e. The summed E-state index contributed by atoms with van der Waals surface area (Å²) in [5, 5.41) is 2.90. The van der Waals surface area contributed by atoms with Crippen LogP contribution in [0.5, 0.6) is 0 Å². The predicted molar refractivity (Wildman–Crippen MR) is 119 cm³/mol. The molecule has 1 amide bonds. The van der Waals surface area contributed by atoms with Gasteiger partial charge in [0.2, 0.25) is 11.3 Å². The van der Waals surface area contributed by atoms with Gasteiger partial charge >= 0.3 is 0 Å². The van der Waals surface area contributed by atoms with E-state index in [2.05, 4.69) is 26.2 Å². The molecule has 0 saturated carbocycles. The van der Waals surface area contributed by atoms with E-state index < -0.39 is 22.9 Å². The van der Waals surface area contributed by atoms with Crippen LogP contribution in [-0.2, 0) is 11.3 Å². The Morgan fingerprint density at radius 1 is 1.06 bits per heavy atom. The highest BCUT2D eigenvalue weighted by Crippen LogP contribution is 2.18. The fraction of sp³-hybridized carbons (Fsp3) is 0.0435. The van der Waals surface area contributed by atoms with Crippen LogP contribution in [-0.4, -0.2) is 21.2 Å². The van der Waals surface area contributed by atoms with E-state index in [0.29, 0.717) is 11.3 Å². The first-order valence-corrected chi connectivity index (χ1v) is 10.0. The molecule has 2 aromatic heterocycles. The van der Waals surface area contributed by atoms with Gasteiger partial charge in [-0.2, -0.15) is 0 Å². The fourth-order valence-electron chi connectivity index (χ4n) is 3.24. The van der Waals surface area contributed by atoms with Gasteiger partial charge in [0, 0.05) is 39.7 Å². The minimum absolute atomic E-state index is 0.111. The Balaban J connectivity index is 1.77. The first-order chi connectivity index (χ1) is 14.9. The molecular weight excluding hydrogens is 465 g/mol. The first kappa shape index (κ1) is 20.6. The Bertz CT molecular complexity index is 1370. The molecule has 0 aliphatic heterocycles. The lowest BCUT2D eigenvalue weighted by atomic mass is 10.0. The third kappa shape index (κ3) is 4.44. The van der Waals surface area contributed by atoms with Gasteiger partial charge in [-0.05, 0) is 48.5 Å². The highest BCUT2D eigenvalue weighted by atomic mass is 79.9. The summed E-state index contributed by atoms with van der Waals surface area (Å²) < 4.78 is 16.1. The molecule has 6 nitrogen and oxygen atoms in total. The highest BCUT2D eigenvalue weighted by molar-refractivity contribution is 9.10. The molecule has 0 radical (unpaired) electrons. The van der Waals surface area contributed by atoms with Gasteiger partial charge in [0.05, 0.1) is 11.1 Å². The Morgan fingerprint density at radius 3 is 2.58 bits per heavy atom. The largest absolute Gasteiger partial charge is 0.337 e. The van der Waals surface area contributed by atoms with Crippen LogP contribution in [0.25, 0.3) is 10.9 Å². The summed E-state index contributed by atoms with van der Waals surface area (Å²) in [6, 6.07) is 13.7. The molecule has 154 valence electrons. The number of benzene rings is 2. The standard InChI is InChI=1S/C23H15BrFN3O3/c24-15-2-1-3-17(10-15)27-21(29)13-28-12-19(22(30)14-6-8-26-9-7-14)23(31)18-5-4-16(25)11-20(18)28/h1-12H,13H2,(H,27,29). The van der Waals surface area contributed by atoms with E-state index in [9.17, 15) is 18.8 Å². The molecule has 0 unspecified atom stereocenters. The molecule has 8 heteroatoms. The van der Waals surface area contributed by atoms with Crippen LogP contribution < -0.4 is 10.7 Å². The summed E-state index contributed by atoms with van der Waals surface area (Å²) >= 11 is 3.34. The van der Waals surface area contributed by atoms with Crippen LogP contribution in [0.15, 0.2) is 82.5 Å². The topological polar surface area (TPSA) is 81.1 Å². The smallest absolute Gasteiger partial charge is 0.244 e. The van der Waals surface area contributed by atoms with Crippen molar-refractivity contribution >= 4 is 44.2 Å². The number of ketones is 1. The number of anilines is 1. The molecule has 2 aromatic carbocycles. The van der Waals surface area contributed by atoms with Crippen molar-refractivity contribution in [2.75, 3.05) is 5.32 Å². The van der Waals surface area contributed by atoms with Gasteiger partial charge in [-0.15, -0.1) is 0 Å². The quantitative estimate of drug-likeness (QED) is 0.435. The lowest BCUT2D eigenvalue weighted by Crippen LogP contribution is -2.24. The predicted octanol–water partition coefficient (Wildman–Crippen LogP) is 4.17. The number of rotatable bonds is 5. The Morgan fingerprint density at radius 2 is 1.84 bits per heavy atom. The zero-order valence-electron chi connectivity index (χ0n) is 16.0. The molecule has 0 aliphatic carbocycles. The Hall–Kier alpha value is -3.65. The van der Waals surface area contributed by atoms with Crippen molar-refractivity contribution < 1.29 is 14.0 Å². The van der Waals surface area contributed by atoms with Gasteiger partial charge in [-0.1, -0.05) is 22.0 Å². The Kier molecular flexibility index (Phi) is 5.73. The summed E-state index contributed by atoms with van der Waals surface area (Å²) in [6.45, 7) is -0.219. The minimum atomic E-state index is -0.554. The van der Waals surface area contributed by atoms with E-state index in [-0.39, 0.29) is 23.0 Å². The number of nitrogens with zero attached hydrogens (tertiary/aromatic N) is 2. The van der Waals surface area contributed by atoms with E-state index in [4.69, 9.17) is 0 Å². The summed E-state index contributed by atoms with van der Waals surface area (Å²) in [4.78, 5) is 42.4. The van der Waals surface area contributed by atoms with Crippen LogP contribution in [0.3, 0.4) is 0 Å². The molecule has 2 heterocycles. The van der Waals surface area contributed by atoms with E-state index in [0.717, 1.165) is 10.5 Å². The van der Waals surface area contributed by atoms with Crippen LogP contribution in [0.1, 0.15) is 15.9 Å². The number of halogens is 2. The average molecular weight is 480 g/mol. The number of carbonyl (C=O) groups excluding carboxylic acids is 2. The van der Waals surface area contributed by atoms with Crippen LogP contribution >= 0.6 is 15.9 Å². The van der Waals surface area contributed by atoms with Crippen molar-refractivity contribution in [3.63, 3.8) is 0 Å². The Labute approximate surface area is 184 Å². The van der Waals surface area contributed by atoms with Crippen LogP contribution in [0.2, 0.25) is 0 Å². The monoisotopic (exact) mass is 479 g/mol. The first-order valence-electron chi connectivity index (χ1n) is 9.25. The third-order valence-electron chi connectivity index (χ3n) is 4.65. The molecular formula is C23H15BrFN3O3. The second-order valence-corrected chi connectivity index (χ2v) is 7.70. The average Bonchev–Trinajstić information content (AvgIpc) is 2.75. The van der Waals surface area contributed by atoms with Crippen molar-refractivity contribution in [2.45, 2.75) is 6.54 Å². The maximum atomic E-state index is 13.9. The summed E-state index contributed by atoms with van der Waals surface area (Å²) in [5.74, 6) is -1.45. The van der Waals surface area contributed by atoms with Crippen molar-refractivity contribution in [3.8, 4) is 0 Å². The number of aromatic nitrogens is 2. The van der Waals surface area contributed by atoms with E-state index >= 15 is 0 Å². The second kappa shape index (κ2) is 8.61. The summed E-state index contributed by atoms with van der Waals surface area (Å²) in [6.07, 6.45) is 4.20. The molecule has 0 fully saturated rings. The summed E-state index contributed by atoms with van der Waals surface area (Å²) in [5.41, 5.74) is 0.449. The SMILES string of the molecule is O=C(Cn1cc(C(=O)c2ccncc2)c(=O)c2ccc(F)cc21)Nc1cccc(Br)c1. The van der Waals surface area contributed by atoms with E-state index in [1.54, 1.807) is 18.2 Å². The van der Waals surface area contributed by atoms with Crippen molar-refractivity contribution in [3.05, 3.63) is 105 Å². The van der Waals surface area contributed by atoms with Crippen LogP contribution in [0, 0.1) is 5.82 Å². The zero-order valence-corrected chi connectivity index (χ0v) is 17.6. The van der Waals surface area contributed by atoms with Gasteiger partial charge in [-0.3, -0.25) is 19.4 Å². The molecule has 4 rings (SSSR count). The molecule has 0 atom stereocenters. The van der Waals surface area contributed by atoms with E-state index in [1.165, 1.54) is 47.4 Å². The van der Waals surface area contributed by atoms with Crippen molar-refractivity contribution in [1.29, 1.82) is 0 Å². The lowest BCUT2D eigenvalue weighted by molar-refractivity contribution is -0.116. The third-order valence-corrected chi connectivity index (χ3v) is 5.15. The number of pyridine rings is 2. The summed E-state index contributed by atoms with van der Waals surface area (Å²) in [7, 11) is 0. The number of hydrogen-bond donors (Lipinski definition) is 1. The molecule has 4 aromatic rings. The molecule has 0 aliphatic rings. The molecule has 0 spiro atoms. The highest BCUT2D eigenvalue weighted by Gasteiger charge is 2.18. The maximum Gasteiger partial charge on any atom is 0.244 e. The number of fused-ring (bicyclic) bond motifs is 1.